The molecule has 0 aliphatic rings. The van der Waals surface area contributed by atoms with Crippen LogP contribution in [0.4, 0.5) is 4.79 Å². The third kappa shape index (κ3) is 7.27. The van der Waals surface area contributed by atoms with Crippen LogP contribution in [0.3, 0.4) is 0 Å². The van der Waals surface area contributed by atoms with E-state index in [1.807, 2.05) is 0 Å². The first kappa shape index (κ1) is 11.2. The molecule has 0 aliphatic carbocycles. The average Bonchev–Trinajstić information content (AvgIpc) is 1.98. The van der Waals surface area contributed by atoms with Gasteiger partial charge in [-0.15, -0.1) is 0 Å². The fraction of sp³-hybridized carbons (Fsp3) is 0.714. The number of nitrogens with two attached hydrogens (primary N) is 1. The van der Waals surface area contributed by atoms with Crippen LogP contribution in [0.15, 0.2) is 0 Å². The lowest BCUT2D eigenvalue weighted by Crippen LogP contribution is -2.26. The van der Waals surface area contributed by atoms with Gasteiger partial charge < -0.3 is 15.8 Å². The summed E-state index contributed by atoms with van der Waals surface area (Å²) in [5.41, 5.74) is 5.26. The Kier molecular flexibility index (Phi) is 6.37. The highest BCUT2D eigenvalue weighted by Crippen LogP contribution is 1.87. The summed E-state index contributed by atoms with van der Waals surface area (Å²) in [5, 5.41) is 2.56. The van der Waals surface area contributed by atoms with Gasteiger partial charge in [0.1, 0.15) is 0 Å². The van der Waals surface area contributed by atoms with E-state index in [1.165, 1.54) is 0 Å². The first-order valence-corrected chi connectivity index (χ1v) is 4.26. The fourth-order valence-electron chi connectivity index (χ4n) is 0.635. The lowest BCUT2D eigenvalue weighted by atomic mass is 10.3. The van der Waals surface area contributed by atoms with Gasteiger partial charge in [-0.3, -0.25) is 0 Å². The van der Waals surface area contributed by atoms with Crippen molar-refractivity contribution in [3.05, 3.63) is 0 Å². The van der Waals surface area contributed by atoms with Gasteiger partial charge in [0.05, 0.1) is 11.6 Å². The fourth-order valence-corrected chi connectivity index (χ4v) is 0.780. The molecule has 0 aliphatic heterocycles. The number of carbonyl (C=O) groups excluding carboxylic acids is 1. The summed E-state index contributed by atoms with van der Waals surface area (Å²) in [4.78, 5) is 11.2. The van der Waals surface area contributed by atoms with Crippen molar-refractivity contribution >= 4 is 23.3 Å². The van der Waals surface area contributed by atoms with Gasteiger partial charge in [-0.2, -0.15) is 0 Å². The molecule has 0 aromatic heterocycles. The highest BCUT2D eigenvalue weighted by Gasteiger charge is 1.97. The monoisotopic (exact) mass is 190 g/mol. The van der Waals surface area contributed by atoms with Crippen molar-refractivity contribution < 1.29 is 9.53 Å². The van der Waals surface area contributed by atoms with Crippen molar-refractivity contribution in [2.45, 2.75) is 19.8 Å². The molecule has 0 aromatic rings. The zero-order valence-corrected chi connectivity index (χ0v) is 7.95. The van der Waals surface area contributed by atoms with Gasteiger partial charge in [0.2, 0.25) is 0 Å². The third-order valence-corrected chi connectivity index (χ3v) is 1.35. The second-order valence-electron chi connectivity index (χ2n) is 2.22. The second-order valence-corrected chi connectivity index (χ2v) is 2.74. The topological polar surface area (TPSA) is 64.3 Å². The summed E-state index contributed by atoms with van der Waals surface area (Å²) in [7, 11) is 0. The molecule has 12 heavy (non-hydrogen) atoms. The number of alkyl carbamates (subject to hydrolysis) is 1. The maximum atomic E-state index is 10.7. The minimum absolute atomic E-state index is 0.388. The van der Waals surface area contributed by atoms with Crippen LogP contribution >= 0.6 is 12.2 Å². The van der Waals surface area contributed by atoms with Gasteiger partial charge in [0.15, 0.2) is 0 Å². The van der Waals surface area contributed by atoms with E-state index in [0.717, 1.165) is 6.42 Å². The molecule has 4 nitrogen and oxygen atoms in total. The van der Waals surface area contributed by atoms with Crippen LogP contribution in [0, 0.1) is 0 Å². The number of hydrogen-bond acceptors (Lipinski definition) is 3. The molecule has 0 heterocycles. The highest BCUT2D eigenvalue weighted by molar-refractivity contribution is 7.80. The Labute approximate surface area is 77.5 Å². The van der Waals surface area contributed by atoms with Crippen LogP contribution in [0.5, 0.6) is 0 Å². The largest absolute Gasteiger partial charge is 0.450 e. The zero-order valence-electron chi connectivity index (χ0n) is 7.13. The Balaban J connectivity index is 3.19. The SMILES string of the molecule is CCOC(=O)NCCCC(N)=S. The van der Waals surface area contributed by atoms with Crippen molar-refractivity contribution in [2.75, 3.05) is 13.2 Å². The third-order valence-electron chi connectivity index (χ3n) is 1.14. The van der Waals surface area contributed by atoms with Gasteiger partial charge >= 0.3 is 6.09 Å². The number of thiocarbonyl (C=S) groups is 1. The van der Waals surface area contributed by atoms with Crippen LogP contribution < -0.4 is 11.1 Å². The van der Waals surface area contributed by atoms with E-state index >= 15 is 0 Å². The molecule has 0 atom stereocenters. The summed E-state index contributed by atoms with van der Waals surface area (Å²) in [6.07, 6.45) is 1.02. The maximum Gasteiger partial charge on any atom is 0.407 e. The highest BCUT2D eigenvalue weighted by atomic mass is 32.1. The molecule has 0 unspecified atom stereocenters. The van der Waals surface area contributed by atoms with E-state index in [-0.39, 0.29) is 6.09 Å². The Morgan fingerprint density at radius 1 is 1.67 bits per heavy atom. The Bertz CT molecular complexity index is 161. The van der Waals surface area contributed by atoms with E-state index in [4.69, 9.17) is 5.73 Å². The average molecular weight is 190 g/mol. The van der Waals surface area contributed by atoms with E-state index in [9.17, 15) is 4.79 Å². The summed E-state index contributed by atoms with van der Waals surface area (Å²) in [5.74, 6) is 0. The molecule has 0 bridgehead atoms. The molecule has 1 amide bonds. The number of nitrogens with one attached hydrogen (secondary N) is 1. The predicted octanol–water partition coefficient (Wildman–Crippen LogP) is 0.799. The minimum atomic E-state index is -0.388. The number of ether oxygens (including phenoxy) is 1. The van der Waals surface area contributed by atoms with Gasteiger partial charge in [0, 0.05) is 6.54 Å². The number of rotatable bonds is 5. The van der Waals surface area contributed by atoms with E-state index in [0.29, 0.717) is 24.6 Å². The lowest BCUT2D eigenvalue weighted by molar-refractivity contribution is 0.152. The molecular formula is C7H14N2O2S. The van der Waals surface area contributed by atoms with Crippen LogP contribution in [0.2, 0.25) is 0 Å². The van der Waals surface area contributed by atoms with Crippen LogP contribution in [-0.2, 0) is 4.74 Å². The van der Waals surface area contributed by atoms with E-state index < -0.39 is 0 Å². The molecule has 0 aromatic carbocycles. The molecular weight excluding hydrogens is 176 g/mol. The minimum Gasteiger partial charge on any atom is -0.450 e. The van der Waals surface area contributed by atoms with Crippen molar-refractivity contribution in [1.82, 2.24) is 5.32 Å². The Morgan fingerprint density at radius 2 is 2.33 bits per heavy atom. The molecule has 0 saturated carbocycles. The predicted molar refractivity (Wildman–Crippen MR) is 51.0 cm³/mol. The number of amides is 1. The van der Waals surface area contributed by atoms with Crippen molar-refractivity contribution in [2.24, 2.45) is 5.73 Å². The quantitative estimate of drug-likeness (QED) is 0.497. The first-order valence-electron chi connectivity index (χ1n) is 3.85. The summed E-state index contributed by atoms with van der Waals surface area (Å²) < 4.78 is 4.63. The molecule has 3 N–H and O–H groups in total. The maximum absolute atomic E-state index is 10.7. The summed E-state index contributed by atoms with van der Waals surface area (Å²) in [6, 6.07) is 0. The molecule has 0 rings (SSSR count). The Morgan fingerprint density at radius 3 is 2.83 bits per heavy atom. The summed E-state index contributed by atoms with van der Waals surface area (Å²) >= 11 is 4.66. The first-order chi connectivity index (χ1) is 5.66. The molecule has 5 heteroatoms. The van der Waals surface area contributed by atoms with Crippen molar-refractivity contribution in [1.29, 1.82) is 0 Å². The Hall–Kier alpha value is -0.840. The molecule has 0 spiro atoms. The summed E-state index contributed by atoms with van der Waals surface area (Å²) in [6.45, 7) is 2.70. The van der Waals surface area contributed by atoms with E-state index in [1.54, 1.807) is 6.92 Å². The van der Waals surface area contributed by atoms with Gasteiger partial charge in [-0.25, -0.2) is 4.79 Å². The van der Waals surface area contributed by atoms with Crippen LogP contribution in [0.1, 0.15) is 19.8 Å². The van der Waals surface area contributed by atoms with Crippen LogP contribution in [0.25, 0.3) is 0 Å². The van der Waals surface area contributed by atoms with Crippen LogP contribution in [-0.4, -0.2) is 24.2 Å². The molecule has 0 saturated heterocycles. The van der Waals surface area contributed by atoms with Crippen molar-refractivity contribution in [3.63, 3.8) is 0 Å². The standard InChI is InChI=1S/C7H14N2O2S/c1-2-11-7(10)9-5-3-4-6(8)12/h2-5H2,1H3,(H2,8,12)(H,9,10). The van der Waals surface area contributed by atoms with Gasteiger partial charge in [-0.1, -0.05) is 12.2 Å². The van der Waals surface area contributed by atoms with Gasteiger partial charge in [-0.05, 0) is 19.8 Å². The molecule has 0 radical (unpaired) electrons. The smallest absolute Gasteiger partial charge is 0.407 e. The van der Waals surface area contributed by atoms with Gasteiger partial charge in [0.25, 0.3) is 0 Å². The molecule has 70 valence electrons. The number of carbonyl (C=O) groups is 1. The van der Waals surface area contributed by atoms with Crippen molar-refractivity contribution in [3.8, 4) is 0 Å². The second kappa shape index (κ2) is 6.84. The lowest BCUT2D eigenvalue weighted by Gasteiger charge is -2.03. The molecule has 0 fully saturated rings. The zero-order chi connectivity index (χ0) is 9.40. The van der Waals surface area contributed by atoms with E-state index in [2.05, 4.69) is 22.3 Å². The normalized spacial score (nSPS) is 9.08. The number of hydrogen-bond donors (Lipinski definition) is 2.